The van der Waals surface area contributed by atoms with E-state index in [4.69, 9.17) is 21.1 Å². The zero-order valence-electron chi connectivity index (χ0n) is 8.87. The Morgan fingerprint density at radius 2 is 2.13 bits per heavy atom. The van der Waals surface area contributed by atoms with Gasteiger partial charge in [0.25, 0.3) is 0 Å². The van der Waals surface area contributed by atoms with Crippen molar-refractivity contribution < 1.29 is 14.6 Å². The van der Waals surface area contributed by atoms with Crippen molar-refractivity contribution in [3.63, 3.8) is 0 Å². The van der Waals surface area contributed by atoms with Gasteiger partial charge < -0.3 is 14.6 Å². The normalized spacial score (nSPS) is 12.5. The smallest absolute Gasteiger partial charge is 0.138 e. The van der Waals surface area contributed by atoms with Gasteiger partial charge in [-0.1, -0.05) is 17.7 Å². The number of hydrogen-bond acceptors (Lipinski definition) is 3. The van der Waals surface area contributed by atoms with E-state index in [0.717, 1.165) is 5.56 Å². The maximum absolute atomic E-state index is 9.33. The lowest BCUT2D eigenvalue weighted by Gasteiger charge is -2.10. The van der Waals surface area contributed by atoms with Gasteiger partial charge >= 0.3 is 0 Å². The fraction of sp³-hybridized carbons (Fsp3) is 0.455. The number of halogens is 1. The number of rotatable bonds is 5. The predicted molar refractivity (Wildman–Crippen MR) is 59.5 cm³/mol. The van der Waals surface area contributed by atoms with Gasteiger partial charge in [0, 0.05) is 7.11 Å². The molecule has 0 saturated heterocycles. The maximum atomic E-state index is 9.33. The lowest BCUT2D eigenvalue weighted by atomic mass is 10.1. The highest BCUT2D eigenvalue weighted by Crippen LogP contribution is 2.27. The van der Waals surface area contributed by atoms with Crippen LogP contribution in [0.3, 0.4) is 0 Å². The van der Waals surface area contributed by atoms with Gasteiger partial charge in [0.15, 0.2) is 0 Å². The number of benzene rings is 1. The molecular formula is C11H15ClO3. The number of aliphatic hydroxyl groups excluding tert-OH is 1. The Morgan fingerprint density at radius 1 is 1.40 bits per heavy atom. The summed E-state index contributed by atoms with van der Waals surface area (Å²) in [5, 5.41) is 9.84. The third kappa shape index (κ3) is 3.70. The standard InChI is InChI=1S/C11H15ClO3/c1-8(13)9-3-4-11(10(12)7-9)15-6-5-14-2/h3-4,7-8,13H,5-6H2,1-2H3/t8-/m1/s1. The fourth-order valence-corrected chi connectivity index (χ4v) is 1.37. The number of methoxy groups -OCH3 is 1. The van der Waals surface area contributed by atoms with Crippen molar-refractivity contribution >= 4 is 11.6 Å². The summed E-state index contributed by atoms with van der Waals surface area (Å²) < 4.78 is 10.2. The Morgan fingerprint density at radius 3 is 2.67 bits per heavy atom. The van der Waals surface area contributed by atoms with E-state index in [1.54, 1.807) is 32.2 Å². The molecule has 0 aliphatic heterocycles. The number of ether oxygens (including phenoxy) is 2. The van der Waals surface area contributed by atoms with Crippen LogP contribution in [0.1, 0.15) is 18.6 Å². The SMILES string of the molecule is COCCOc1ccc([C@@H](C)O)cc1Cl. The van der Waals surface area contributed by atoms with Crippen LogP contribution >= 0.6 is 11.6 Å². The fourth-order valence-electron chi connectivity index (χ4n) is 1.13. The molecule has 0 aliphatic carbocycles. The summed E-state index contributed by atoms with van der Waals surface area (Å²) in [4.78, 5) is 0. The first-order valence-electron chi connectivity index (χ1n) is 4.74. The minimum absolute atomic E-state index is 0.463. The molecule has 3 nitrogen and oxygen atoms in total. The van der Waals surface area contributed by atoms with Gasteiger partial charge in [-0.15, -0.1) is 0 Å². The van der Waals surface area contributed by atoms with Gasteiger partial charge in [0.05, 0.1) is 17.7 Å². The lowest BCUT2D eigenvalue weighted by molar-refractivity contribution is 0.146. The Hall–Kier alpha value is -0.770. The van der Waals surface area contributed by atoms with Crippen LogP contribution in [0.4, 0.5) is 0 Å². The molecule has 0 aromatic heterocycles. The average Bonchev–Trinajstić information content (AvgIpc) is 2.20. The van der Waals surface area contributed by atoms with E-state index in [1.807, 2.05) is 0 Å². The summed E-state index contributed by atoms with van der Waals surface area (Å²) in [6, 6.07) is 5.24. The molecule has 0 unspecified atom stereocenters. The third-order valence-electron chi connectivity index (χ3n) is 1.98. The summed E-state index contributed by atoms with van der Waals surface area (Å²) in [5.74, 6) is 0.609. The van der Waals surface area contributed by atoms with Crippen LogP contribution in [0.2, 0.25) is 5.02 Å². The summed E-state index contributed by atoms with van der Waals surface area (Å²) in [7, 11) is 1.61. The van der Waals surface area contributed by atoms with Crippen molar-refractivity contribution in [1.29, 1.82) is 0 Å². The topological polar surface area (TPSA) is 38.7 Å². The Kier molecular flexibility index (Phi) is 4.88. The molecule has 1 aromatic rings. The van der Waals surface area contributed by atoms with Crippen molar-refractivity contribution in [1.82, 2.24) is 0 Å². The first kappa shape index (κ1) is 12.3. The van der Waals surface area contributed by atoms with Gasteiger partial charge in [0.1, 0.15) is 12.4 Å². The minimum Gasteiger partial charge on any atom is -0.490 e. The molecule has 4 heteroatoms. The monoisotopic (exact) mass is 230 g/mol. The summed E-state index contributed by atoms with van der Waals surface area (Å²) in [5.41, 5.74) is 0.777. The average molecular weight is 231 g/mol. The van der Waals surface area contributed by atoms with Gasteiger partial charge in [-0.25, -0.2) is 0 Å². The molecule has 0 aliphatic rings. The van der Waals surface area contributed by atoms with E-state index in [9.17, 15) is 5.11 Å². The molecule has 1 aromatic carbocycles. The minimum atomic E-state index is -0.518. The van der Waals surface area contributed by atoms with E-state index in [1.165, 1.54) is 0 Å². The molecule has 0 spiro atoms. The van der Waals surface area contributed by atoms with Crippen molar-refractivity contribution in [3.8, 4) is 5.75 Å². The molecule has 15 heavy (non-hydrogen) atoms. The molecule has 0 heterocycles. The first-order chi connectivity index (χ1) is 7.15. The summed E-state index contributed by atoms with van der Waals surface area (Å²) in [6.07, 6.45) is -0.518. The molecule has 0 fully saturated rings. The van der Waals surface area contributed by atoms with Gasteiger partial charge in [-0.05, 0) is 24.6 Å². The molecule has 1 rings (SSSR count). The third-order valence-corrected chi connectivity index (χ3v) is 2.28. The molecule has 0 saturated carbocycles. The first-order valence-corrected chi connectivity index (χ1v) is 5.12. The van der Waals surface area contributed by atoms with Crippen molar-refractivity contribution in [2.24, 2.45) is 0 Å². The molecule has 0 radical (unpaired) electrons. The highest BCUT2D eigenvalue weighted by molar-refractivity contribution is 6.32. The summed E-state index contributed by atoms with van der Waals surface area (Å²) in [6.45, 7) is 2.68. The lowest BCUT2D eigenvalue weighted by Crippen LogP contribution is -2.04. The molecule has 0 bridgehead atoms. The van der Waals surface area contributed by atoms with Crippen LogP contribution in [0.15, 0.2) is 18.2 Å². The molecular weight excluding hydrogens is 216 g/mol. The molecule has 1 atom stereocenters. The molecule has 84 valence electrons. The van der Waals surface area contributed by atoms with E-state index in [-0.39, 0.29) is 0 Å². The van der Waals surface area contributed by atoms with E-state index < -0.39 is 6.10 Å². The maximum Gasteiger partial charge on any atom is 0.138 e. The Labute approximate surface area is 94.6 Å². The van der Waals surface area contributed by atoms with Crippen LogP contribution in [-0.2, 0) is 4.74 Å². The summed E-state index contributed by atoms with van der Waals surface area (Å²) >= 11 is 5.98. The van der Waals surface area contributed by atoms with E-state index >= 15 is 0 Å². The zero-order chi connectivity index (χ0) is 11.3. The Balaban J connectivity index is 2.66. The highest BCUT2D eigenvalue weighted by atomic mass is 35.5. The van der Waals surface area contributed by atoms with Crippen LogP contribution in [0, 0.1) is 0 Å². The van der Waals surface area contributed by atoms with Crippen LogP contribution < -0.4 is 4.74 Å². The van der Waals surface area contributed by atoms with Crippen molar-refractivity contribution in [2.45, 2.75) is 13.0 Å². The van der Waals surface area contributed by atoms with Gasteiger partial charge in [-0.2, -0.15) is 0 Å². The van der Waals surface area contributed by atoms with Crippen molar-refractivity contribution in [3.05, 3.63) is 28.8 Å². The van der Waals surface area contributed by atoms with Gasteiger partial charge in [-0.3, -0.25) is 0 Å². The predicted octanol–water partition coefficient (Wildman–Crippen LogP) is 2.42. The second kappa shape index (κ2) is 5.95. The second-order valence-electron chi connectivity index (χ2n) is 3.21. The largest absolute Gasteiger partial charge is 0.490 e. The Bertz CT molecular complexity index is 313. The second-order valence-corrected chi connectivity index (χ2v) is 3.61. The molecule has 1 N–H and O–H groups in total. The quantitative estimate of drug-likeness (QED) is 0.790. The van der Waals surface area contributed by atoms with Crippen LogP contribution in [0.5, 0.6) is 5.75 Å². The van der Waals surface area contributed by atoms with Crippen molar-refractivity contribution in [2.75, 3.05) is 20.3 Å². The number of hydrogen-bond donors (Lipinski definition) is 1. The van der Waals surface area contributed by atoms with E-state index in [0.29, 0.717) is 24.0 Å². The van der Waals surface area contributed by atoms with Crippen LogP contribution in [-0.4, -0.2) is 25.4 Å². The number of aliphatic hydroxyl groups is 1. The van der Waals surface area contributed by atoms with Crippen LogP contribution in [0.25, 0.3) is 0 Å². The highest BCUT2D eigenvalue weighted by Gasteiger charge is 2.06. The van der Waals surface area contributed by atoms with E-state index in [2.05, 4.69) is 0 Å². The zero-order valence-corrected chi connectivity index (χ0v) is 9.62. The molecule has 0 amide bonds. The van der Waals surface area contributed by atoms with Gasteiger partial charge in [0.2, 0.25) is 0 Å².